The van der Waals surface area contributed by atoms with Crippen LogP contribution in [0.25, 0.3) is 0 Å². The maximum Gasteiger partial charge on any atom is 0.271 e. The Morgan fingerprint density at radius 3 is 2.57 bits per heavy atom. The summed E-state index contributed by atoms with van der Waals surface area (Å²) < 4.78 is 5.47. The standard InChI is InChI=1S/C17H21BrN8O2/c1-10-13(18)9-26(23-10)11(2)16(27)22-14-7-21-25(4)15(14)17(28)19-5-12-6-20-24(3)8-12/h6-9,11H,5H2,1-4H3,(H,19,28)(H,22,27)/t11-/m0/s1. The minimum absolute atomic E-state index is 0.266. The van der Waals surface area contributed by atoms with E-state index in [-0.39, 0.29) is 17.5 Å². The van der Waals surface area contributed by atoms with Crippen LogP contribution in [0, 0.1) is 6.92 Å². The van der Waals surface area contributed by atoms with E-state index >= 15 is 0 Å². The van der Waals surface area contributed by atoms with Gasteiger partial charge in [0.25, 0.3) is 5.91 Å². The number of amides is 2. The molecule has 0 saturated carbocycles. The lowest BCUT2D eigenvalue weighted by Gasteiger charge is -2.13. The molecule has 148 valence electrons. The second-order valence-corrected chi connectivity index (χ2v) is 7.30. The number of halogens is 1. The molecule has 2 N–H and O–H groups in total. The van der Waals surface area contributed by atoms with Crippen LogP contribution in [-0.2, 0) is 25.4 Å². The number of hydrogen-bond acceptors (Lipinski definition) is 5. The van der Waals surface area contributed by atoms with Gasteiger partial charge in [0, 0.05) is 38.6 Å². The van der Waals surface area contributed by atoms with Crippen LogP contribution >= 0.6 is 15.9 Å². The highest BCUT2D eigenvalue weighted by Gasteiger charge is 2.22. The van der Waals surface area contributed by atoms with Crippen molar-refractivity contribution in [1.82, 2.24) is 34.7 Å². The number of carbonyl (C=O) groups excluding carboxylic acids is 2. The van der Waals surface area contributed by atoms with Gasteiger partial charge in [-0.15, -0.1) is 0 Å². The van der Waals surface area contributed by atoms with Crippen molar-refractivity contribution in [3.63, 3.8) is 0 Å². The van der Waals surface area contributed by atoms with E-state index < -0.39 is 6.04 Å². The number of rotatable bonds is 6. The number of hydrogen-bond donors (Lipinski definition) is 2. The first-order valence-corrected chi connectivity index (χ1v) is 9.35. The largest absolute Gasteiger partial charge is 0.346 e. The van der Waals surface area contributed by atoms with E-state index in [2.05, 4.69) is 41.9 Å². The molecule has 3 aromatic rings. The Morgan fingerprint density at radius 2 is 1.96 bits per heavy atom. The fraction of sp³-hybridized carbons (Fsp3) is 0.353. The van der Waals surface area contributed by atoms with E-state index in [4.69, 9.17) is 0 Å². The quantitative estimate of drug-likeness (QED) is 0.593. The number of carbonyl (C=O) groups is 2. The minimum atomic E-state index is -0.559. The molecule has 0 bridgehead atoms. The van der Waals surface area contributed by atoms with Crippen LogP contribution in [0.2, 0.25) is 0 Å². The van der Waals surface area contributed by atoms with Crippen molar-refractivity contribution >= 4 is 33.4 Å². The van der Waals surface area contributed by atoms with Gasteiger partial charge in [-0.3, -0.25) is 23.6 Å². The van der Waals surface area contributed by atoms with Gasteiger partial charge in [-0.25, -0.2) is 0 Å². The average molecular weight is 449 g/mol. The maximum absolute atomic E-state index is 12.6. The monoisotopic (exact) mass is 448 g/mol. The molecule has 0 saturated heterocycles. The zero-order valence-electron chi connectivity index (χ0n) is 16.0. The van der Waals surface area contributed by atoms with Crippen molar-refractivity contribution in [2.75, 3.05) is 5.32 Å². The highest BCUT2D eigenvalue weighted by Crippen LogP contribution is 2.19. The summed E-state index contributed by atoms with van der Waals surface area (Å²) in [6.45, 7) is 3.89. The van der Waals surface area contributed by atoms with Crippen LogP contribution in [0.3, 0.4) is 0 Å². The first-order chi connectivity index (χ1) is 13.3. The van der Waals surface area contributed by atoms with Gasteiger partial charge >= 0.3 is 0 Å². The number of aromatic nitrogens is 6. The highest BCUT2D eigenvalue weighted by atomic mass is 79.9. The molecule has 0 aliphatic carbocycles. The minimum Gasteiger partial charge on any atom is -0.346 e. The molecule has 0 aromatic carbocycles. The predicted octanol–water partition coefficient (Wildman–Crippen LogP) is 1.55. The van der Waals surface area contributed by atoms with Crippen LogP contribution in [0.5, 0.6) is 0 Å². The zero-order chi connectivity index (χ0) is 20.4. The SMILES string of the molecule is Cc1nn([C@@H](C)C(=O)Nc2cnn(C)c2C(=O)NCc2cnn(C)c2)cc1Br. The molecular formula is C17H21BrN8O2. The first kappa shape index (κ1) is 19.8. The lowest BCUT2D eigenvalue weighted by atomic mass is 10.2. The maximum atomic E-state index is 12.6. The molecule has 3 heterocycles. The molecule has 2 amide bonds. The van der Waals surface area contributed by atoms with Crippen LogP contribution in [-0.4, -0.2) is 41.2 Å². The summed E-state index contributed by atoms with van der Waals surface area (Å²) in [5.74, 6) is -0.645. The van der Waals surface area contributed by atoms with Crippen LogP contribution in [0.4, 0.5) is 5.69 Å². The number of nitrogens with one attached hydrogen (secondary N) is 2. The lowest BCUT2D eigenvalue weighted by molar-refractivity contribution is -0.119. The molecule has 0 unspecified atom stereocenters. The van der Waals surface area contributed by atoms with E-state index in [9.17, 15) is 9.59 Å². The molecule has 0 fully saturated rings. The number of nitrogens with zero attached hydrogens (tertiary/aromatic N) is 6. The Labute approximate surface area is 170 Å². The van der Waals surface area contributed by atoms with Crippen LogP contribution in [0.15, 0.2) is 29.3 Å². The van der Waals surface area contributed by atoms with Crippen LogP contribution in [0.1, 0.15) is 34.7 Å². The van der Waals surface area contributed by atoms with Crippen molar-refractivity contribution in [2.45, 2.75) is 26.4 Å². The molecule has 3 aromatic heterocycles. The zero-order valence-corrected chi connectivity index (χ0v) is 17.6. The lowest BCUT2D eigenvalue weighted by Crippen LogP contribution is -2.28. The molecule has 10 nitrogen and oxygen atoms in total. The molecule has 28 heavy (non-hydrogen) atoms. The molecule has 11 heteroatoms. The summed E-state index contributed by atoms with van der Waals surface area (Å²) in [6, 6.07) is -0.559. The Balaban J connectivity index is 1.71. The third-order valence-corrected chi connectivity index (χ3v) is 5.03. The van der Waals surface area contributed by atoms with E-state index in [0.717, 1.165) is 15.7 Å². The summed E-state index contributed by atoms with van der Waals surface area (Å²) in [5.41, 5.74) is 2.27. The second-order valence-electron chi connectivity index (χ2n) is 6.44. The van der Waals surface area contributed by atoms with E-state index in [1.165, 1.54) is 10.9 Å². The van der Waals surface area contributed by atoms with Gasteiger partial charge in [0.1, 0.15) is 11.7 Å². The average Bonchev–Trinajstić information content (AvgIpc) is 3.32. The van der Waals surface area contributed by atoms with Crippen molar-refractivity contribution in [2.24, 2.45) is 14.1 Å². The van der Waals surface area contributed by atoms with Gasteiger partial charge < -0.3 is 10.6 Å². The normalized spacial score (nSPS) is 12.0. The van der Waals surface area contributed by atoms with E-state index in [1.54, 1.807) is 42.8 Å². The highest BCUT2D eigenvalue weighted by molar-refractivity contribution is 9.10. The topological polar surface area (TPSA) is 112 Å². The fourth-order valence-electron chi connectivity index (χ4n) is 2.64. The summed E-state index contributed by atoms with van der Waals surface area (Å²) in [7, 11) is 3.45. The van der Waals surface area contributed by atoms with Gasteiger partial charge in [0.2, 0.25) is 5.91 Å². The molecule has 0 aliphatic rings. The van der Waals surface area contributed by atoms with Gasteiger partial charge in [-0.05, 0) is 29.8 Å². The first-order valence-electron chi connectivity index (χ1n) is 8.56. The number of aryl methyl sites for hydroxylation is 3. The number of anilines is 1. The van der Waals surface area contributed by atoms with E-state index in [0.29, 0.717) is 12.2 Å². The summed E-state index contributed by atoms with van der Waals surface area (Å²) in [5, 5.41) is 18.0. The fourth-order valence-corrected chi connectivity index (χ4v) is 2.93. The Hall–Kier alpha value is -2.95. The summed E-state index contributed by atoms with van der Waals surface area (Å²) in [4.78, 5) is 25.3. The molecule has 0 spiro atoms. The molecule has 1 atom stereocenters. The summed E-state index contributed by atoms with van der Waals surface area (Å²) >= 11 is 3.39. The molecular weight excluding hydrogens is 428 g/mol. The van der Waals surface area contributed by atoms with Gasteiger partial charge in [-0.2, -0.15) is 15.3 Å². The molecule has 3 rings (SSSR count). The van der Waals surface area contributed by atoms with Crippen LogP contribution < -0.4 is 10.6 Å². The van der Waals surface area contributed by atoms with Crippen molar-refractivity contribution in [3.05, 3.63) is 46.2 Å². The Morgan fingerprint density at radius 1 is 1.21 bits per heavy atom. The third kappa shape index (κ3) is 4.14. The van der Waals surface area contributed by atoms with Crippen molar-refractivity contribution < 1.29 is 9.59 Å². The van der Waals surface area contributed by atoms with Crippen molar-refractivity contribution in [3.8, 4) is 0 Å². The van der Waals surface area contributed by atoms with Crippen molar-refractivity contribution in [1.29, 1.82) is 0 Å². The molecule has 0 aliphatic heterocycles. The smallest absolute Gasteiger partial charge is 0.271 e. The molecule has 0 radical (unpaired) electrons. The van der Waals surface area contributed by atoms with Gasteiger partial charge in [0.15, 0.2) is 0 Å². The third-order valence-electron chi connectivity index (χ3n) is 4.26. The van der Waals surface area contributed by atoms with Gasteiger partial charge in [0.05, 0.1) is 28.2 Å². The Kier molecular flexibility index (Phi) is 5.63. The predicted molar refractivity (Wildman–Crippen MR) is 106 cm³/mol. The van der Waals surface area contributed by atoms with E-state index in [1.807, 2.05) is 13.1 Å². The second kappa shape index (κ2) is 7.97. The Bertz CT molecular complexity index is 999. The summed E-state index contributed by atoms with van der Waals surface area (Å²) in [6.07, 6.45) is 6.69. The van der Waals surface area contributed by atoms with Gasteiger partial charge in [-0.1, -0.05) is 0 Å².